The number of hydrogen-bond donors (Lipinski definition) is 2. The number of hydrogen-bond acceptors (Lipinski definition) is 6. The van der Waals surface area contributed by atoms with Gasteiger partial charge in [0.1, 0.15) is 35.0 Å². The second kappa shape index (κ2) is 8.52. The van der Waals surface area contributed by atoms with E-state index in [-0.39, 0.29) is 11.3 Å². The topological polar surface area (TPSA) is 84.4 Å². The number of anilines is 1. The Morgan fingerprint density at radius 2 is 1.81 bits per heavy atom. The summed E-state index contributed by atoms with van der Waals surface area (Å²) in [4.78, 5) is 9.42. The van der Waals surface area contributed by atoms with Gasteiger partial charge in [-0.3, -0.25) is 0 Å². The van der Waals surface area contributed by atoms with Crippen molar-refractivity contribution in [1.29, 1.82) is 0 Å². The summed E-state index contributed by atoms with van der Waals surface area (Å²) in [6.07, 6.45) is -3.62. The summed E-state index contributed by atoms with van der Waals surface area (Å²) in [5.41, 5.74) is 5.08. The third-order valence-electron chi connectivity index (χ3n) is 4.53. The van der Waals surface area contributed by atoms with Crippen LogP contribution in [-0.2, 0) is 0 Å². The van der Waals surface area contributed by atoms with Gasteiger partial charge in [-0.15, -0.1) is 0 Å². The first-order valence-corrected chi connectivity index (χ1v) is 9.40. The van der Waals surface area contributed by atoms with Gasteiger partial charge in [0.2, 0.25) is 0 Å². The summed E-state index contributed by atoms with van der Waals surface area (Å²) in [6, 6.07) is -0.741. The fourth-order valence-electron chi connectivity index (χ4n) is 3.00. The standard InChI is InChI=1S/C18H19ClF5N7/c1-8(18(22,23)24)28-16-14(15(19)29-17-26-7-27-31(16)17)13-10(20)4-9(5-11(13)21)12(25)6-30(2)3/h4-5,7-8,12,28H,6,25H2,1-3H3/t8-,12?/m1/s1. The minimum absolute atomic E-state index is 0.143. The van der Waals surface area contributed by atoms with Crippen LogP contribution in [0.2, 0.25) is 5.15 Å². The number of likely N-dealkylation sites (N-methyl/N-ethyl adjacent to an activating group) is 1. The summed E-state index contributed by atoms with van der Waals surface area (Å²) < 4.78 is 70.6. The quantitative estimate of drug-likeness (QED) is 0.429. The summed E-state index contributed by atoms with van der Waals surface area (Å²) in [5, 5.41) is 5.54. The fraction of sp³-hybridized carbons (Fsp3) is 0.389. The Labute approximate surface area is 179 Å². The molecule has 0 saturated heterocycles. The molecule has 3 rings (SSSR count). The van der Waals surface area contributed by atoms with Gasteiger partial charge < -0.3 is 16.0 Å². The number of alkyl halides is 3. The van der Waals surface area contributed by atoms with Gasteiger partial charge in [0.05, 0.1) is 11.1 Å². The van der Waals surface area contributed by atoms with E-state index in [4.69, 9.17) is 17.3 Å². The van der Waals surface area contributed by atoms with Crippen LogP contribution in [0.25, 0.3) is 16.9 Å². The lowest BCUT2D eigenvalue weighted by Crippen LogP contribution is -2.34. The Hall–Kier alpha value is -2.57. The minimum atomic E-state index is -4.65. The van der Waals surface area contributed by atoms with Crippen LogP contribution in [-0.4, -0.2) is 57.3 Å². The molecule has 0 aliphatic heterocycles. The second-order valence-corrected chi connectivity index (χ2v) is 7.59. The molecule has 2 heterocycles. The molecule has 0 amide bonds. The third-order valence-corrected chi connectivity index (χ3v) is 4.80. The molecule has 3 aromatic rings. The highest BCUT2D eigenvalue weighted by atomic mass is 35.5. The maximum Gasteiger partial charge on any atom is 0.408 e. The van der Waals surface area contributed by atoms with Crippen LogP contribution >= 0.6 is 11.6 Å². The first-order valence-electron chi connectivity index (χ1n) is 9.02. The van der Waals surface area contributed by atoms with Gasteiger partial charge in [0, 0.05) is 12.6 Å². The normalized spacial score (nSPS) is 14.3. The maximum atomic E-state index is 15.1. The molecule has 0 fully saturated rings. The zero-order valence-corrected chi connectivity index (χ0v) is 17.4. The third kappa shape index (κ3) is 4.70. The number of nitrogens with zero attached hydrogens (tertiary/aromatic N) is 5. The maximum absolute atomic E-state index is 15.1. The molecule has 1 unspecified atom stereocenters. The predicted octanol–water partition coefficient (Wildman–Crippen LogP) is 3.65. The lowest BCUT2D eigenvalue weighted by atomic mass is 10.00. The molecule has 13 heteroatoms. The molecular formula is C18H19ClF5N7. The van der Waals surface area contributed by atoms with Crippen molar-refractivity contribution in [1.82, 2.24) is 24.5 Å². The molecule has 0 aliphatic rings. The highest BCUT2D eigenvalue weighted by molar-refractivity contribution is 6.33. The molecule has 7 nitrogen and oxygen atoms in total. The van der Waals surface area contributed by atoms with E-state index in [0.717, 1.165) is 29.9 Å². The highest BCUT2D eigenvalue weighted by Crippen LogP contribution is 2.39. The van der Waals surface area contributed by atoms with E-state index in [1.165, 1.54) is 0 Å². The van der Waals surface area contributed by atoms with E-state index in [1.807, 2.05) is 0 Å². The van der Waals surface area contributed by atoms with E-state index < -0.39 is 52.0 Å². The highest BCUT2D eigenvalue weighted by Gasteiger charge is 2.37. The van der Waals surface area contributed by atoms with Crippen LogP contribution in [0.4, 0.5) is 27.8 Å². The Morgan fingerprint density at radius 3 is 2.35 bits per heavy atom. The molecule has 2 atom stereocenters. The second-order valence-electron chi connectivity index (χ2n) is 7.23. The van der Waals surface area contributed by atoms with Gasteiger partial charge >= 0.3 is 6.18 Å². The minimum Gasteiger partial charge on any atom is -0.358 e. The van der Waals surface area contributed by atoms with Crippen LogP contribution in [0.3, 0.4) is 0 Å². The van der Waals surface area contributed by atoms with Crippen LogP contribution in [0.1, 0.15) is 18.5 Å². The zero-order chi connectivity index (χ0) is 23.1. The zero-order valence-electron chi connectivity index (χ0n) is 16.7. The van der Waals surface area contributed by atoms with Gasteiger partial charge in [0.15, 0.2) is 0 Å². The Morgan fingerprint density at radius 1 is 1.19 bits per heavy atom. The molecule has 168 valence electrons. The van der Waals surface area contributed by atoms with E-state index in [1.54, 1.807) is 19.0 Å². The molecule has 0 saturated carbocycles. The number of fused-ring (bicyclic) bond motifs is 1. The number of nitrogens with two attached hydrogens (primary N) is 1. The molecule has 2 aromatic heterocycles. The van der Waals surface area contributed by atoms with Crippen LogP contribution in [0.15, 0.2) is 18.5 Å². The van der Waals surface area contributed by atoms with Gasteiger partial charge in [0.25, 0.3) is 5.78 Å². The number of aromatic nitrogens is 4. The molecule has 0 radical (unpaired) electrons. The first-order chi connectivity index (χ1) is 14.4. The van der Waals surface area contributed by atoms with Crippen molar-refractivity contribution in [2.24, 2.45) is 5.73 Å². The molecule has 0 spiro atoms. The summed E-state index contributed by atoms with van der Waals surface area (Å²) >= 11 is 6.13. The van der Waals surface area contributed by atoms with Gasteiger partial charge in [-0.1, -0.05) is 11.6 Å². The van der Waals surface area contributed by atoms with Crippen molar-refractivity contribution in [2.75, 3.05) is 26.0 Å². The average Bonchev–Trinajstić information content (AvgIpc) is 3.09. The van der Waals surface area contributed by atoms with E-state index in [0.29, 0.717) is 6.54 Å². The molecule has 0 bridgehead atoms. The van der Waals surface area contributed by atoms with Crippen molar-refractivity contribution in [3.8, 4) is 11.1 Å². The Bertz CT molecular complexity index is 1080. The predicted molar refractivity (Wildman–Crippen MR) is 106 cm³/mol. The molecular weight excluding hydrogens is 445 g/mol. The van der Waals surface area contributed by atoms with E-state index >= 15 is 8.78 Å². The summed E-state index contributed by atoms with van der Waals surface area (Å²) in [5.74, 6) is -2.67. The average molecular weight is 464 g/mol. The Kier molecular flexibility index (Phi) is 6.35. The summed E-state index contributed by atoms with van der Waals surface area (Å²) in [6.45, 7) is 1.16. The molecule has 31 heavy (non-hydrogen) atoms. The van der Waals surface area contributed by atoms with E-state index in [9.17, 15) is 13.2 Å². The van der Waals surface area contributed by atoms with Crippen molar-refractivity contribution >= 4 is 23.2 Å². The van der Waals surface area contributed by atoms with Crippen LogP contribution in [0.5, 0.6) is 0 Å². The summed E-state index contributed by atoms with van der Waals surface area (Å²) in [7, 11) is 3.50. The molecule has 1 aromatic carbocycles. The number of benzene rings is 1. The van der Waals surface area contributed by atoms with Crippen LogP contribution in [0, 0.1) is 11.6 Å². The largest absolute Gasteiger partial charge is 0.408 e. The monoisotopic (exact) mass is 463 g/mol. The van der Waals surface area contributed by atoms with Gasteiger partial charge in [-0.2, -0.15) is 32.8 Å². The molecule has 0 aliphatic carbocycles. The number of rotatable bonds is 6. The van der Waals surface area contributed by atoms with Gasteiger partial charge in [-0.05, 0) is 38.7 Å². The Balaban J connectivity index is 2.21. The number of nitrogens with one attached hydrogen (secondary N) is 1. The van der Waals surface area contributed by atoms with E-state index in [2.05, 4.69) is 20.4 Å². The lowest BCUT2D eigenvalue weighted by molar-refractivity contribution is -0.138. The van der Waals surface area contributed by atoms with Crippen LogP contribution < -0.4 is 11.1 Å². The fourth-order valence-corrected chi connectivity index (χ4v) is 3.26. The first kappa shape index (κ1) is 23.1. The van der Waals surface area contributed by atoms with Crippen molar-refractivity contribution in [3.63, 3.8) is 0 Å². The molecule has 3 N–H and O–H groups in total. The smallest absolute Gasteiger partial charge is 0.358 e. The van der Waals surface area contributed by atoms with Gasteiger partial charge in [-0.25, -0.2) is 8.78 Å². The lowest BCUT2D eigenvalue weighted by Gasteiger charge is -2.22. The SMILES string of the molecule is C[C@@H](Nc1c(-c2c(F)cc(C(N)CN(C)C)cc2F)c(Cl)nc2ncnn12)C(F)(F)F. The van der Waals surface area contributed by atoms with Crippen molar-refractivity contribution in [3.05, 3.63) is 40.8 Å². The van der Waals surface area contributed by atoms with Crippen molar-refractivity contribution < 1.29 is 22.0 Å². The number of halogens is 6. The van der Waals surface area contributed by atoms with Crippen molar-refractivity contribution in [2.45, 2.75) is 25.2 Å².